The molecule has 0 heterocycles. The van der Waals surface area contributed by atoms with Crippen LogP contribution in [0, 0.1) is 5.92 Å². The molecular formula is C12H20Cl2NTi. The molecule has 0 bridgehead atoms. The molecule has 0 aromatic rings. The molecular weight excluding hydrogens is 277 g/mol. The fourth-order valence-corrected chi connectivity index (χ4v) is 3.42. The standard InChI is InChI=1S/C10H14.C2H6N.2ClH.Ti/c1-6-7(2)9(4)10(5)8(6)3;1-2-3;;;/h1,6H,2-5H3;3H,2H2,1H3;2*1H;/q;-1;;;+3/p-2. The Morgan fingerprint density at radius 2 is 1.50 bits per heavy atom. The Morgan fingerprint density at radius 1 is 1.06 bits per heavy atom. The third-order valence-electron chi connectivity index (χ3n) is 3.21. The predicted molar refractivity (Wildman–Crippen MR) is 60.0 cm³/mol. The van der Waals surface area contributed by atoms with E-state index < -0.39 is 0 Å². The maximum absolute atomic E-state index is 3.47. The van der Waals surface area contributed by atoms with E-state index in [4.69, 9.17) is 0 Å². The van der Waals surface area contributed by atoms with Crippen molar-refractivity contribution in [3.8, 4) is 0 Å². The summed E-state index contributed by atoms with van der Waals surface area (Å²) in [4.78, 5) is 0. The third kappa shape index (κ3) is 4.12. The molecule has 0 aromatic carbocycles. The SMILES string of the molecule is CC[NH][Ti+2]=[CH]C1C(C)=C(C)C(C)=C1C.[Cl-].[Cl-]. The van der Waals surface area contributed by atoms with Crippen molar-refractivity contribution in [1.29, 1.82) is 0 Å². The van der Waals surface area contributed by atoms with E-state index >= 15 is 0 Å². The van der Waals surface area contributed by atoms with Crippen LogP contribution in [0.25, 0.3) is 0 Å². The largest absolute Gasteiger partial charge is 1.00 e. The zero-order chi connectivity index (χ0) is 10.7. The van der Waals surface area contributed by atoms with Gasteiger partial charge in [0.15, 0.2) is 0 Å². The third-order valence-corrected chi connectivity index (χ3v) is 4.86. The Labute approximate surface area is 121 Å². The molecule has 16 heavy (non-hydrogen) atoms. The van der Waals surface area contributed by atoms with Gasteiger partial charge in [-0.3, -0.25) is 0 Å². The second-order valence-electron chi connectivity index (χ2n) is 3.94. The van der Waals surface area contributed by atoms with Crippen molar-refractivity contribution < 1.29 is 43.8 Å². The van der Waals surface area contributed by atoms with Crippen molar-refractivity contribution in [1.82, 2.24) is 3.80 Å². The first-order valence-electron chi connectivity index (χ1n) is 5.26. The van der Waals surface area contributed by atoms with Gasteiger partial charge in [-0.05, 0) is 0 Å². The van der Waals surface area contributed by atoms with Gasteiger partial charge in [-0.25, -0.2) is 0 Å². The van der Waals surface area contributed by atoms with Gasteiger partial charge in [0.05, 0.1) is 0 Å². The van der Waals surface area contributed by atoms with E-state index in [9.17, 15) is 0 Å². The van der Waals surface area contributed by atoms with Gasteiger partial charge in [0.25, 0.3) is 0 Å². The van der Waals surface area contributed by atoms with Crippen molar-refractivity contribution >= 4 is 4.31 Å². The van der Waals surface area contributed by atoms with Crippen LogP contribution >= 0.6 is 0 Å². The van der Waals surface area contributed by atoms with Crippen molar-refractivity contribution in [3.63, 3.8) is 0 Å². The van der Waals surface area contributed by atoms with Crippen molar-refractivity contribution in [3.05, 3.63) is 22.3 Å². The average Bonchev–Trinajstić information content (AvgIpc) is 2.35. The molecule has 0 atom stereocenters. The first-order valence-corrected chi connectivity index (χ1v) is 6.94. The Morgan fingerprint density at radius 3 is 1.88 bits per heavy atom. The van der Waals surface area contributed by atoms with Crippen molar-refractivity contribution in [2.24, 2.45) is 5.92 Å². The van der Waals surface area contributed by atoms with E-state index in [1.807, 2.05) is 0 Å². The Kier molecular flexibility index (Phi) is 10.3. The van der Waals surface area contributed by atoms with Gasteiger partial charge in [-0.2, -0.15) is 0 Å². The normalized spacial score (nSPS) is 16.3. The molecule has 1 N–H and O–H groups in total. The summed E-state index contributed by atoms with van der Waals surface area (Å²) >= 11 is -0.0523. The molecule has 1 rings (SSSR count). The number of rotatable bonds is 3. The summed E-state index contributed by atoms with van der Waals surface area (Å²) in [5.74, 6) is 0.633. The Hall–Kier alpha value is 0.604. The monoisotopic (exact) mass is 296 g/mol. The molecule has 0 aliphatic heterocycles. The van der Waals surface area contributed by atoms with E-state index in [-0.39, 0.29) is 43.8 Å². The molecule has 0 saturated heterocycles. The minimum atomic E-state index is -0.0523. The maximum Gasteiger partial charge on any atom is -1.00 e. The quantitative estimate of drug-likeness (QED) is 0.539. The van der Waals surface area contributed by atoms with Crippen LogP contribution in [0.5, 0.6) is 0 Å². The number of halogens is 2. The topological polar surface area (TPSA) is 12.0 Å². The molecule has 0 unspecified atom stereocenters. The number of hydrogen-bond acceptors (Lipinski definition) is 1. The maximum atomic E-state index is 3.47. The molecule has 0 amide bonds. The molecule has 91 valence electrons. The number of nitrogens with one attached hydrogen (secondary N) is 1. The molecule has 4 heteroatoms. The van der Waals surface area contributed by atoms with Crippen molar-refractivity contribution in [2.75, 3.05) is 6.54 Å². The fourth-order valence-electron chi connectivity index (χ4n) is 1.88. The predicted octanol–water partition coefficient (Wildman–Crippen LogP) is -3.29. The summed E-state index contributed by atoms with van der Waals surface area (Å²) in [6.07, 6.45) is 0. The van der Waals surface area contributed by atoms with Gasteiger partial charge in [0.1, 0.15) is 0 Å². The van der Waals surface area contributed by atoms with Crippen LogP contribution in [0.1, 0.15) is 34.6 Å². The minimum absolute atomic E-state index is 0. The van der Waals surface area contributed by atoms with Crippen LogP contribution in [0.4, 0.5) is 0 Å². The molecule has 0 aromatic heterocycles. The molecule has 1 aliphatic rings. The summed E-state index contributed by atoms with van der Waals surface area (Å²) in [6.45, 7) is 12.3. The van der Waals surface area contributed by atoms with E-state index in [1.165, 1.54) is 11.1 Å². The van der Waals surface area contributed by atoms with Gasteiger partial charge in [0.2, 0.25) is 0 Å². The summed E-state index contributed by atoms with van der Waals surface area (Å²) in [6, 6.07) is 0. The zero-order valence-electron chi connectivity index (χ0n) is 10.6. The van der Waals surface area contributed by atoms with Gasteiger partial charge >= 0.3 is 96.4 Å². The smallest absolute Gasteiger partial charge is 1.00 e. The summed E-state index contributed by atoms with van der Waals surface area (Å²) in [7, 11) is 0. The van der Waals surface area contributed by atoms with Crippen molar-refractivity contribution in [2.45, 2.75) is 34.6 Å². The average molecular weight is 297 g/mol. The van der Waals surface area contributed by atoms with Crippen LogP contribution in [0.15, 0.2) is 22.3 Å². The van der Waals surface area contributed by atoms with Gasteiger partial charge in [0, 0.05) is 0 Å². The summed E-state index contributed by atoms with van der Waals surface area (Å²) in [5.41, 5.74) is 6.13. The first kappa shape index (κ1) is 19.0. The zero-order valence-corrected chi connectivity index (χ0v) is 13.7. The van der Waals surface area contributed by atoms with E-state index in [0.717, 1.165) is 6.54 Å². The van der Waals surface area contributed by atoms with Gasteiger partial charge < -0.3 is 24.8 Å². The molecule has 0 saturated carbocycles. The second-order valence-corrected chi connectivity index (χ2v) is 5.46. The van der Waals surface area contributed by atoms with Crippen LogP contribution in [-0.2, 0) is 18.9 Å². The van der Waals surface area contributed by atoms with E-state index in [2.05, 4.69) is 42.7 Å². The van der Waals surface area contributed by atoms with Crippen LogP contribution in [0.2, 0.25) is 0 Å². The Bertz CT molecular complexity index is 295. The fraction of sp³-hybridized carbons (Fsp3) is 0.583. The van der Waals surface area contributed by atoms with Crippen LogP contribution in [-0.4, -0.2) is 10.9 Å². The van der Waals surface area contributed by atoms with Crippen LogP contribution < -0.4 is 28.6 Å². The van der Waals surface area contributed by atoms with Gasteiger partial charge in [-0.15, -0.1) is 0 Å². The molecule has 0 radical (unpaired) electrons. The summed E-state index contributed by atoms with van der Waals surface area (Å²) in [5, 5.41) is 0. The molecule has 0 fully saturated rings. The van der Waals surface area contributed by atoms with E-state index in [1.54, 1.807) is 11.1 Å². The van der Waals surface area contributed by atoms with E-state index in [0.29, 0.717) is 5.92 Å². The first-order chi connectivity index (χ1) is 6.59. The molecule has 1 nitrogen and oxygen atoms in total. The number of hydrogen-bond donors (Lipinski definition) is 1. The molecule has 0 spiro atoms. The van der Waals surface area contributed by atoms with Gasteiger partial charge in [-0.1, -0.05) is 0 Å². The minimum Gasteiger partial charge on any atom is -1.00 e. The van der Waals surface area contributed by atoms with Crippen LogP contribution in [0.3, 0.4) is 0 Å². The second kappa shape index (κ2) is 8.66. The Balaban J connectivity index is 0. The molecule has 1 aliphatic carbocycles. The number of allylic oxidation sites excluding steroid dienone is 4. The summed E-state index contributed by atoms with van der Waals surface area (Å²) < 4.78 is 5.98.